The molecular weight excluding hydrogens is 939 g/mol. The van der Waals surface area contributed by atoms with Crippen molar-refractivity contribution in [1.82, 2.24) is 25.1 Å². The summed E-state index contributed by atoms with van der Waals surface area (Å²) in [5.41, 5.74) is 5.05. The minimum absolute atomic E-state index is 0.0238. The van der Waals surface area contributed by atoms with Crippen molar-refractivity contribution >= 4 is 83.9 Å². The number of hydrogen-bond donors (Lipinski definition) is 3. The predicted octanol–water partition coefficient (Wildman–Crippen LogP) is 5.80. The van der Waals surface area contributed by atoms with Crippen molar-refractivity contribution in [2.24, 2.45) is 5.92 Å². The molecule has 0 saturated carbocycles. The first-order valence-corrected chi connectivity index (χ1v) is 25.0. The molecule has 3 aromatic carbocycles. The number of carbonyl (C=O) groups is 3. The maximum absolute atomic E-state index is 15.3. The summed E-state index contributed by atoms with van der Waals surface area (Å²) >= 11 is 3.55. The van der Waals surface area contributed by atoms with Crippen LogP contribution in [0, 0.1) is 24.5 Å². The van der Waals surface area contributed by atoms with Gasteiger partial charge in [0.2, 0.25) is 33.7 Å². The van der Waals surface area contributed by atoms with Gasteiger partial charge in [-0.2, -0.15) is 4.98 Å². The number of para-hydroxylation sites is 1. The van der Waals surface area contributed by atoms with Crippen LogP contribution in [0.25, 0.3) is 0 Å². The zero-order valence-electron chi connectivity index (χ0n) is 37.1. The summed E-state index contributed by atoms with van der Waals surface area (Å²) in [7, 11) is -1.83. The number of carbonyl (C=O) groups excluding carboxylic acids is 3. The second kappa shape index (κ2) is 18.6. The molecule has 350 valence electrons. The maximum Gasteiger partial charge on any atom is 0.234 e. The lowest BCUT2D eigenvalue weighted by molar-refractivity contribution is -0.137. The number of anilines is 7. The molecule has 2 unspecified atom stereocenters. The number of hydrogen-bond acceptors (Lipinski definition) is 13. The molecule has 16 nitrogen and oxygen atoms in total. The largest absolute Gasteiger partial charge is 0.494 e. The van der Waals surface area contributed by atoms with E-state index >= 15 is 8.78 Å². The summed E-state index contributed by atoms with van der Waals surface area (Å²) in [6.45, 7) is 7.83. The fraction of sp³-hybridized carbons (Fsp3) is 0.457. The topological polar surface area (TPSA) is 173 Å². The van der Waals surface area contributed by atoms with E-state index < -0.39 is 39.4 Å². The summed E-state index contributed by atoms with van der Waals surface area (Å²) < 4.78 is 63.6. The fourth-order valence-electron chi connectivity index (χ4n) is 10.2. The van der Waals surface area contributed by atoms with Gasteiger partial charge in [0.15, 0.2) is 0 Å². The molecule has 0 bridgehead atoms. The number of halogens is 3. The highest BCUT2D eigenvalue weighted by molar-refractivity contribution is 9.10. The summed E-state index contributed by atoms with van der Waals surface area (Å²) in [5.74, 6) is -2.63. The van der Waals surface area contributed by atoms with E-state index in [4.69, 9.17) is 9.72 Å². The number of piperazine rings is 1. The quantitative estimate of drug-likeness (QED) is 0.154. The third kappa shape index (κ3) is 9.23. The second-order valence-electron chi connectivity index (χ2n) is 17.7. The van der Waals surface area contributed by atoms with Crippen LogP contribution in [0.4, 0.5) is 49.0 Å². The molecule has 6 heterocycles. The number of nitrogens with zero attached hydrogens (tertiary/aromatic N) is 7. The number of benzene rings is 3. The van der Waals surface area contributed by atoms with E-state index in [1.54, 1.807) is 13.3 Å². The van der Waals surface area contributed by atoms with Crippen molar-refractivity contribution in [3.05, 3.63) is 81.5 Å². The van der Waals surface area contributed by atoms with Gasteiger partial charge < -0.3 is 30.1 Å². The number of aromatic nitrogens is 2. The third-order valence-electron chi connectivity index (χ3n) is 13.6. The van der Waals surface area contributed by atoms with Gasteiger partial charge in [-0.25, -0.2) is 22.2 Å². The van der Waals surface area contributed by atoms with E-state index in [0.717, 1.165) is 55.8 Å². The van der Waals surface area contributed by atoms with Crippen LogP contribution in [0.1, 0.15) is 54.7 Å². The van der Waals surface area contributed by atoms with Gasteiger partial charge in [0, 0.05) is 101 Å². The van der Waals surface area contributed by atoms with Crippen LogP contribution in [0.15, 0.2) is 53.1 Å². The first-order valence-electron chi connectivity index (χ1n) is 22.4. The second-order valence-corrected chi connectivity index (χ2v) is 20.5. The van der Waals surface area contributed by atoms with Crippen LogP contribution in [0.3, 0.4) is 0 Å². The van der Waals surface area contributed by atoms with Crippen LogP contribution < -0.4 is 34.8 Å². The highest BCUT2D eigenvalue weighted by atomic mass is 79.9. The van der Waals surface area contributed by atoms with Gasteiger partial charge in [0.05, 0.1) is 46.7 Å². The van der Waals surface area contributed by atoms with E-state index in [9.17, 15) is 22.8 Å². The van der Waals surface area contributed by atoms with Crippen LogP contribution >= 0.6 is 15.9 Å². The first-order chi connectivity index (χ1) is 31.6. The van der Waals surface area contributed by atoms with Crippen molar-refractivity contribution in [1.29, 1.82) is 0 Å². The van der Waals surface area contributed by atoms with Crippen LogP contribution in [0.5, 0.6) is 5.75 Å². The number of ether oxygens (including phenoxy) is 1. The molecule has 4 aromatic rings. The van der Waals surface area contributed by atoms with Crippen LogP contribution in [0.2, 0.25) is 0 Å². The van der Waals surface area contributed by atoms with Gasteiger partial charge in [-0.1, -0.05) is 12.1 Å². The lowest BCUT2D eigenvalue weighted by atomic mass is 9.89. The lowest BCUT2D eigenvalue weighted by Crippen LogP contribution is -2.55. The summed E-state index contributed by atoms with van der Waals surface area (Å²) in [5, 5.41) is 8.81. The molecule has 0 spiro atoms. The van der Waals surface area contributed by atoms with Crippen LogP contribution in [-0.2, 0) is 30.8 Å². The van der Waals surface area contributed by atoms with E-state index in [1.807, 2.05) is 40.1 Å². The summed E-state index contributed by atoms with van der Waals surface area (Å²) in [6, 6.07) is 12.6. The zero-order chi connectivity index (χ0) is 46.4. The lowest BCUT2D eigenvalue weighted by Gasteiger charge is -2.44. The third-order valence-corrected chi connectivity index (χ3v) is 15.4. The van der Waals surface area contributed by atoms with E-state index in [1.165, 1.54) is 22.7 Å². The number of piperidine rings is 2. The molecule has 3 N–H and O–H groups in total. The van der Waals surface area contributed by atoms with Crippen molar-refractivity contribution in [3.8, 4) is 5.75 Å². The van der Waals surface area contributed by atoms with Gasteiger partial charge in [-0.05, 0) is 90.4 Å². The molecule has 5 aliphatic rings. The van der Waals surface area contributed by atoms with Gasteiger partial charge in [0.25, 0.3) is 0 Å². The first kappa shape index (κ1) is 45.6. The smallest absolute Gasteiger partial charge is 0.234 e. The number of rotatable bonds is 11. The van der Waals surface area contributed by atoms with Crippen molar-refractivity contribution < 1.29 is 36.3 Å². The molecule has 3 amide bonds. The Bertz CT molecular complexity index is 2660. The fourth-order valence-corrected chi connectivity index (χ4v) is 11.5. The monoisotopic (exact) mass is 990 g/mol. The Hall–Kier alpha value is -5.60. The highest BCUT2D eigenvalue weighted by Gasteiger charge is 2.37. The van der Waals surface area contributed by atoms with E-state index in [2.05, 4.69) is 53.6 Å². The van der Waals surface area contributed by atoms with Gasteiger partial charge in [0.1, 0.15) is 23.2 Å². The van der Waals surface area contributed by atoms with Crippen LogP contribution in [-0.4, -0.2) is 124 Å². The molecule has 20 heteroatoms. The summed E-state index contributed by atoms with van der Waals surface area (Å²) in [4.78, 5) is 55.5. The Morgan fingerprint density at radius 3 is 2.32 bits per heavy atom. The number of fused-ring (bicyclic) bond motifs is 1. The van der Waals surface area contributed by atoms with E-state index in [0.29, 0.717) is 96.3 Å². The average molecular weight is 992 g/mol. The predicted molar refractivity (Wildman–Crippen MR) is 252 cm³/mol. The van der Waals surface area contributed by atoms with Crippen molar-refractivity contribution in [2.45, 2.75) is 57.4 Å². The molecule has 9 rings (SSSR count). The number of imide groups is 1. The Morgan fingerprint density at radius 2 is 1.62 bits per heavy atom. The number of amides is 3. The molecule has 0 aliphatic carbocycles. The normalized spacial score (nSPS) is 20.7. The molecule has 2 atom stereocenters. The average Bonchev–Trinajstić information content (AvgIpc) is 3.98. The minimum atomic E-state index is -3.46. The SMILES string of the molecule is COc1cc(N2CCC(N3CCN(C(=O)C4CCN(c5cc(F)c(C6CCC(=O)NC6=O)c(F)c5)C4)CC3)CC2)c(C)cc1Nc1ncc(Br)c(Nc2cccc3c2N(S(C)(=O)=O)CC3)n1. The van der Waals surface area contributed by atoms with Gasteiger partial charge >= 0.3 is 0 Å². The van der Waals surface area contributed by atoms with Crippen molar-refractivity contribution in [2.75, 3.05) is 97.0 Å². The summed E-state index contributed by atoms with van der Waals surface area (Å²) in [6.07, 6.45) is 6.08. The number of sulfonamides is 1. The number of methoxy groups -OCH3 is 1. The molecule has 0 radical (unpaired) electrons. The zero-order valence-corrected chi connectivity index (χ0v) is 39.5. The Morgan fingerprint density at radius 1 is 0.894 bits per heavy atom. The molecule has 5 aliphatic heterocycles. The van der Waals surface area contributed by atoms with Gasteiger partial charge in [-0.15, -0.1) is 0 Å². The Balaban J connectivity index is 0.774. The highest BCUT2D eigenvalue weighted by Crippen LogP contribution is 2.41. The molecule has 66 heavy (non-hydrogen) atoms. The minimum Gasteiger partial charge on any atom is -0.494 e. The molecule has 1 aromatic heterocycles. The number of aryl methyl sites for hydroxylation is 1. The number of nitrogens with one attached hydrogen (secondary N) is 3. The molecule has 4 saturated heterocycles. The molecule has 4 fully saturated rings. The maximum atomic E-state index is 15.3. The van der Waals surface area contributed by atoms with Gasteiger partial charge in [-0.3, -0.25) is 28.9 Å². The standard InChI is InChI=1S/C46H53BrF2N10O6S/c1-27-21-37(52-46-50-25-33(47)43(54-46)51-36-6-4-5-28-10-16-59(42(28)36)66(3,63)64)39(65-2)24-38(27)56-14-11-30(12-15-56)55-17-19-57(20-18-55)45(62)29-9-13-58(26-29)31-22-34(48)41(35(49)23-31)32-7-8-40(60)53-44(32)61/h4-6,21-25,29-30,32H,7-20,26H2,1-3H3,(H,53,60,61)(H2,50,51,52,54). The van der Waals surface area contributed by atoms with E-state index in [-0.39, 0.29) is 30.2 Å². The Kier molecular flexibility index (Phi) is 12.8. The molecular formula is C46H53BrF2N10O6S. The Labute approximate surface area is 391 Å². The van der Waals surface area contributed by atoms with Crippen molar-refractivity contribution in [3.63, 3.8) is 0 Å².